The normalized spacial score (nSPS) is 14.8. The van der Waals surface area contributed by atoms with Crippen LogP contribution in [0.15, 0.2) is 41.3 Å². The topological polar surface area (TPSA) is 79.9 Å². The summed E-state index contributed by atoms with van der Waals surface area (Å²) < 4.78 is 10.8. The molecule has 0 aromatic heterocycles. The zero-order valence-electron chi connectivity index (χ0n) is 15.7. The molecule has 7 nitrogen and oxygen atoms in total. The molecule has 1 aliphatic rings. The monoisotopic (exact) mass is 483 g/mol. The highest BCUT2D eigenvalue weighted by Gasteiger charge is 2.34. The summed E-state index contributed by atoms with van der Waals surface area (Å²) >= 11 is 18.1. The first-order valence-corrected chi connectivity index (χ1v) is 10.3. The Morgan fingerprint density at radius 2 is 1.93 bits per heavy atom. The van der Waals surface area contributed by atoms with Gasteiger partial charge in [-0.05, 0) is 42.6 Å². The molecular formula is C19H15Cl2N3O4S2. The maximum Gasteiger partial charge on any atom is 0.338 e. The van der Waals surface area contributed by atoms with Gasteiger partial charge in [0.25, 0.3) is 5.91 Å². The van der Waals surface area contributed by atoms with Crippen LogP contribution in [0, 0.1) is 0 Å². The number of methoxy groups -OCH3 is 2. The Morgan fingerprint density at radius 1 is 1.17 bits per heavy atom. The molecule has 2 aromatic carbocycles. The van der Waals surface area contributed by atoms with Crippen molar-refractivity contribution in [2.24, 2.45) is 0 Å². The number of rotatable bonds is 5. The Kier molecular flexibility index (Phi) is 7.09. The van der Waals surface area contributed by atoms with Crippen LogP contribution in [-0.4, -0.2) is 35.5 Å². The van der Waals surface area contributed by atoms with Crippen molar-refractivity contribution >= 4 is 75.2 Å². The van der Waals surface area contributed by atoms with E-state index in [1.165, 1.54) is 20.3 Å². The Hall–Kier alpha value is -2.46. The van der Waals surface area contributed by atoms with Crippen LogP contribution in [0.1, 0.15) is 5.56 Å². The number of hydrogen-bond acceptors (Lipinski definition) is 6. The van der Waals surface area contributed by atoms with Crippen molar-refractivity contribution in [1.29, 1.82) is 0 Å². The number of anilines is 1. The van der Waals surface area contributed by atoms with E-state index in [1.807, 2.05) is 0 Å². The first kappa shape index (κ1) is 22.2. The van der Waals surface area contributed by atoms with Crippen molar-refractivity contribution < 1.29 is 19.1 Å². The van der Waals surface area contributed by atoms with E-state index in [-0.39, 0.29) is 9.34 Å². The van der Waals surface area contributed by atoms with Gasteiger partial charge in [-0.15, -0.1) is 0 Å². The second kappa shape index (κ2) is 9.57. The third kappa shape index (κ3) is 4.81. The fraction of sp³-hybridized carbons (Fsp3) is 0.105. The number of benzene rings is 2. The zero-order valence-corrected chi connectivity index (χ0v) is 18.8. The Bertz CT molecular complexity index is 1060. The molecule has 11 heteroatoms. The van der Waals surface area contributed by atoms with Gasteiger partial charge < -0.3 is 14.8 Å². The minimum atomic E-state index is -0.662. The number of amides is 3. The molecule has 0 bridgehead atoms. The fourth-order valence-corrected chi connectivity index (χ4v) is 4.03. The third-order valence-electron chi connectivity index (χ3n) is 3.90. The summed E-state index contributed by atoms with van der Waals surface area (Å²) in [6, 6.07) is 9.25. The molecule has 0 unspecified atom stereocenters. The average Bonchev–Trinajstić information content (AvgIpc) is 2.97. The molecule has 0 spiro atoms. The number of thioether (sulfide) groups is 1. The van der Waals surface area contributed by atoms with Crippen molar-refractivity contribution in [2.45, 2.75) is 0 Å². The first-order chi connectivity index (χ1) is 14.3. The van der Waals surface area contributed by atoms with E-state index < -0.39 is 11.9 Å². The Balaban J connectivity index is 1.75. The van der Waals surface area contributed by atoms with E-state index in [0.29, 0.717) is 32.7 Å². The van der Waals surface area contributed by atoms with Gasteiger partial charge in [0.05, 0.1) is 29.2 Å². The fourth-order valence-electron chi connectivity index (χ4n) is 2.57. The molecule has 1 heterocycles. The highest BCUT2D eigenvalue weighted by atomic mass is 35.5. The van der Waals surface area contributed by atoms with E-state index in [2.05, 4.69) is 10.7 Å². The van der Waals surface area contributed by atoms with Crippen LogP contribution in [0.25, 0.3) is 6.08 Å². The predicted octanol–water partition coefficient (Wildman–Crippen LogP) is 4.95. The lowest BCUT2D eigenvalue weighted by Gasteiger charge is -2.16. The number of nitrogens with zero attached hydrogens (tertiary/aromatic N) is 1. The number of carbonyl (C=O) groups excluding carboxylic acids is 2. The Labute approximate surface area is 192 Å². The van der Waals surface area contributed by atoms with Crippen LogP contribution in [-0.2, 0) is 4.79 Å². The van der Waals surface area contributed by atoms with Gasteiger partial charge in [0.15, 0.2) is 15.8 Å². The van der Waals surface area contributed by atoms with Crippen molar-refractivity contribution in [1.82, 2.24) is 10.4 Å². The van der Waals surface area contributed by atoms with Crippen molar-refractivity contribution in [3.05, 3.63) is 56.9 Å². The number of ether oxygens (including phenoxy) is 2. The molecule has 1 fully saturated rings. The molecule has 0 aliphatic carbocycles. The Morgan fingerprint density at radius 3 is 2.60 bits per heavy atom. The molecule has 1 saturated heterocycles. The van der Waals surface area contributed by atoms with Crippen LogP contribution >= 0.6 is 47.2 Å². The second-order valence-corrected chi connectivity index (χ2v) is 8.28. The van der Waals surface area contributed by atoms with Gasteiger partial charge in [-0.3, -0.25) is 4.79 Å². The maximum absolute atomic E-state index is 12.8. The van der Waals surface area contributed by atoms with Gasteiger partial charge >= 0.3 is 6.03 Å². The number of thiocarbonyl (C=S) groups is 1. The maximum atomic E-state index is 12.8. The van der Waals surface area contributed by atoms with Crippen LogP contribution < -0.4 is 20.2 Å². The van der Waals surface area contributed by atoms with E-state index in [1.54, 1.807) is 36.4 Å². The number of carbonyl (C=O) groups is 2. The summed E-state index contributed by atoms with van der Waals surface area (Å²) in [5.74, 6) is 0.538. The number of hydrazine groups is 1. The van der Waals surface area contributed by atoms with E-state index in [4.69, 9.17) is 44.9 Å². The highest BCUT2D eigenvalue weighted by Crippen LogP contribution is 2.36. The molecule has 0 atom stereocenters. The van der Waals surface area contributed by atoms with Gasteiger partial charge in [0, 0.05) is 11.3 Å². The standard InChI is InChI=1S/C19H15Cl2N3O4S2/c1-27-14-5-3-4-10(16(14)28-2)8-15-17(25)24(19(29)30-15)23-18(26)22-11-6-7-12(20)13(21)9-11/h3-9H,1-2H3,(H2,22,23,26)/b15-8+. The third-order valence-corrected chi connectivity index (χ3v) is 5.95. The molecule has 3 rings (SSSR count). The van der Waals surface area contributed by atoms with Crippen LogP contribution in [0.4, 0.5) is 10.5 Å². The number of urea groups is 1. The van der Waals surface area contributed by atoms with Gasteiger partial charge in [0.1, 0.15) is 0 Å². The summed E-state index contributed by atoms with van der Waals surface area (Å²) in [4.78, 5) is 25.4. The van der Waals surface area contributed by atoms with E-state index in [9.17, 15) is 9.59 Å². The van der Waals surface area contributed by atoms with Crippen LogP contribution in [0.5, 0.6) is 11.5 Å². The van der Waals surface area contributed by atoms with Crippen LogP contribution in [0.2, 0.25) is 10.0 Å². The molecule has 30 heavy (non-hydrogen) atoms. The van der Waals surface area contributed by atoms with Crippen molar-refractivity contribution in [3.63, 3.8) is 0 Å². The lowest BCUT2D eigenvalue weighted by atomic mass is 10.1. The SMILES string of the molecule is COc1cccc(/C=C2/SC(=S)N(NC(=O)Nc3ccc(Cl)c(Cl)c3)C2=O)c1OC. The summed E-state index contributed by atoms with van der Waals surface area (Å²) in [5, 5.41) is 4.20. The van der Waals surface area contributed by atoms with Gasteiger partial charge in [-0.25, -0.2) is 10.2 Å². The molecule has 2 N–H and O–H groups in total. The van der Waals surface area contributed by atoms with Crippen molar-refractivity contribution in [3.8, 4) is 11.5 Å². The van der Waals surface area contributed by atoms with Gasteiger partial charge in [0.2, 0.25) is 0 Å². The summed E-state index contributed by atoms with van der Waals surface area (Å²) in [5.41, 5.74) is 3.47. The van der Waals surface area contributed by atoms with Crippen LogP contribution in [0.3, 0.4) is 0 Å². The average molecular weight is 484 g/mol. The summed E-state index contributed by atoms with van der Waals surface area (Å²) in [7, 11) is 3.03. The largest absolute Gasteiger partial charge is 0.493 e. The lowest BCUT2D eigenvalue weighted by Crippen LogP contribution is -2.46. The van der Waals surface area contributed by atoms with Crippen molar-refractivity contribution in [2.75, 3.05) is 19.5 Å². The quantitative estimate of drug-likeness (QED) is 0.462. The first-order valence-electron chi connectivity index (χ1n) is 8.35. The molecule has 0 radical (unpaired) electrons. The summed E-state index contributed by atoms with van der Waals surface area (Å²) in [6.45, 7) is 0. The number of para-hydroxylation sites is 1. The molecule has 2 aromatic rings. The van der Waals surface area contributed by atoms with E-state index in [0.717, 1.165) is 16.8 Å². The smallest absolute Gasteiger partial charge is 0.338 e. The lowest BCUT2D eigenvalue weighted by molar-refractivity contribution is -0.123. The predicted molar refractivity (Wildman–Crippen MR) is 123 cm³/mol. The highest BCUT2D eigenvalue weighted by molar-refractivity contribution is 8.26. The minimum Gasteiger partial charge on any atom is -0.493 e. The summed E-state index contributed by atoms with van der Waals surface area (Å²) in [6.07, 6.45) is 1.62. The van der Waals surface area contributed by atoms with Gasteiger partial charge in [-0.1, -0.05) is 47.1 Å². The minimum absolute atomic E-state index is 0.178. The molecule has 3 amide bonds. The number of hydrogen-bond donors (Lipinski definition) is 2. The number of halogens is 2. The molecule has 156 valence electrons. The molecule has 0 saturated carbocycles. The van der Waals surface area contributed by atoms with E-state index >= 15 is 0 Å². The number of nitrogens with one attached hydrogen (secondary N) is 2. The molecule has 1 aliphatic heterocycles. The van der Waals surface area contributed by atoms with Gasteiger partial charge in [-0.2, -0.15) is 5.01 Å². The molecular weight excluding hydrogens is 469 g/mol. The second-order valence-electron chi connectivity index (χ2n) is 5.79. The zero-order chi connectivity index (χ0) is 21.8.